The van der Waals surface area contributed by atoms with E-state index in [1.807, 2.05) is 0 Å². The van der Waals surface area contributed by atoms with Gasteiger partial charge in [0.05, 0.1) is 5.39 Å². The predicted octanol–water partition coefficient (Wildman–Crippen LogP) is 3.20. The molecule has 3 rings (SSSR count). The van der Waals surface area contributed by atoms with Gasteiger partial charge < -0.3 is 0 Å². The summed E-state index contributed by atoms with van der Waals surface area (Å²) in [5, 5.41) is 2.68. The Bertz CT molecular complexity index is 623. The molecule has 0 unspecified atom stereocenters. The Balaban J connectivity index is 2.67. The van der Waals surface area contributed by atoms with Crippen molar-refractivity contribution in [2.24, 2.45) is 0 Å². The van der Waals surface area contributed by atoms with Crippen LogP contribution in [0.2, 0.25) is 0 Å². The molecular formula is C15H14N+. The highest BCUT2D eigenvalue weighted by Crippen LogP contribution is 2.22. The van der Waals surface area contributed by atoms with Gasteiger partial charge in [-0.3, -0.25) is 0 Å². The van der Waals surface area contributed by atoms with Gasteiger partial charge in [-0.25, -0.2) is 0 Å². The molecule has 0 saturated heterocycles. The van der Waals surface area contributed by atoms with Crippen molar-refractivity contribution in [3.63, 3.8) is 0 Å². The van der Waals surface area contributed by atoms with Gasteiger partial charge in [-0.2, -0.15) is 4.40 Å². The molecule has 2 heterocycles. The van der Waals surface area contributed by atoms with Crippen molar-refractivity contribution < 1.29 is 4.40 Å². The van der Waals surface area contributed by atoms with Crippen molar-refractivity contribution in [1.82, 2.24) is 0 Å². The Kier molecular flexibility index (Phi) is 1.93. The lowest BCUT2D eigenvalue weighted by molar-refractivity contribution is -0.511. The van der Waals surface area contributed by atoms with Crippen molar-refractivity contribution in [3.8, 4) is 0 Å². The largest absolute Gasteiger partial charge is 0.221 e. The average Bonchev–Trinajstić information content (AvgIpc) is 2.29. The van der Waals surface area contributed by atoms with Crippen molar-refractivity contribution in [2.45, 2.75) is 13.8 Å². The van der Waals surface area contributed by atoms with Gasteiger partial charge >= 0.3 is 0 Å². The summed E-state index contributed by atoms with van der Waals surface area (Å²) < 4.78 is 2.20. The highest BCUT2D eigenvalue weighted by Gasteiger charge is 2.11. The maximum absolute atomic E-state index is 2.20. The standard InChI is InChI=1S/C15H14N/c1-11-5-3-7-13-8-10-16-9-4-6-12(2)15(16)14(11)13/h3-10H,1-2H3/q+1. The number of pyridine rings is 2. The molecule has 0 amide bonds. The first-order chi connectivity index (χ1) is 7.77. The molecule has 3 aromatic rings. The topological polar surface area (TPSA) is 4.10 Å². The summed E-state index contributed by atoms with van der Waals surface area (Å²) in [5.41, 5.74) is 3.98. The van der Waals surface area contributed by atoms with Gasteiger partial charge in [0.25, 0.3) is 0 Å². The van der Waals surface area contributed by atoms with Crippen molar-refractivity contribution in [2.75, 3.05) is 0 Å². The zero-order valence-electron chi connectivity index (χ0n) is 9.57. The van der Waals surface area contributed by atoms with Crippen LogP contribution in [0.15, 0.2) is 48.8 Å². The van der Waals surface area contributed by atoms with Gasteiger partial charge in [0, 0.05) is 17.7 Å². The number of aryl methyl sites for hydroxylation is 2. The molecule has 0 fully saturated rings. The van der Waals surface area contributed by atoms with E-state index in [-0.39, 0.29) is 0 Å². The normalized spacial score (nSPS) is 11.1. The van der Waals surface area contributed by atoms with E-state index in [0.717, 1.165) is 0 Å². The van der Waals surface area contributed by atoms with E-state index in [0.29, 0.717) is 0 Å². The third-order valence-corrected chi connectivity index (χ3v) is 3.18. The zero-order chi connectivity index (χ0) is 11.1. The second-order valence-electron chi connectivity index (χ2n) is 4.30. The molecule has 0 radical (unpaired) electrons. The Morgan fingerprint density at radius 3 is 2.50 bits per heavy atom. The first kappa shape index (κ1) is 9.34. The average molecular weight is 208 g/mol. The van der Waals surface area contributed by atoms with Gasteiger partial charge in [-0.15, -0.1) is 0 Å². The molecule has 0 aliphatic rings. The van der Waals surface area contributed by atoms with Crippen LogP contribution in [0, 0.1) is 13.8 Å². The lowest BCUT2D eigenvalue weighted by Crippen LogP contribution is -2.21. The molecule has 0 saturated carbocycles. The molecule has 1 aromatic carbocycles. The molecule has 0 aliphatic carbocycles. The fourth-order valence-corrected chi connectivity index (χ4v) is 2.40. The van der Waals surface area contributed by atoms with Crippen LogP contribution in [0.4, 0.5) is 0 Å². The summed E-state index contributed by atoms with van der Waals surface area (Å²) in [7, 11) is 0. The van der Waals surface area contributed by atoms with E-state index < -0.39 is 0 Å². The lowest BCUT2D eigenvalue weighted by atomic mass is 10.0. The van der Waals surface area contributed by atoms with Crippen molar-refractivity contribution >= 4 is 16.3 Å². The Hall–Kier alpha value is -1.89. The van der Waals surface area contributed by atoms with Gasteiger partial charge in [0.2, 0.25) is 5.52 Å². The van der Waals surface area contributed by atoms with E-state index in [9.17, 15) is 0 Å². The number of benzene rings is 1. The molecule has 0 atom stereocenters. The van der Waals surface area contributed by atoms with Crippen LogP contribution >= 0.6 is 0 Å². The summed E-state index contributed by atoms with van der Waals surface area (Å²) in [6.07, 6.45) is 4.23. The third-order valence-electron chi connectivity index (χ3n) is 3.18. The number of hydrogen-bond donors (Lipinski definition) is 0. The minimum Gasteiger partial charge on any atom is -0.166 e. The summed E-state index contributed by atoms with van der Waals surface area (Å²) in [5.74, 6) is 0. The van der Waals surface area contributed by atoms with Crippen LogP contribution in [-0.2, 0) is 0 Å². The summed E-state index contributed by atoms with van der Waals surface area (Å²) in [6.45, 7) is 4.34. The van der Waals surface area contributed by atoms with E-state index in [1.54, 1.807) is 0 Å². The fourth-order valence-electron chi connectivity index (χ4n) is 2.40. The third kappa shape index (κ3) is 1.21. The highest BCUT2D eigenvalue weighted by molar-refractivity contribution is 5.97. The van der Waals surface area contributed by atoms with Gasteiger partial charge in [-0.05, 0) is 30.9 Å². The van der Waals surface area contributed by atoms with Crippen molar-refractivity contribution in [1.29, 1.82) is 0 Å². The molecule has 1 heteroatoms. The van der Waals surface area contributed by atoms with Crippen LogP contribution in [0.5, 0.6) is 0 Å². The van der Waals surface area contributed by atoms with E-state index in [2.05, 4.69) is 67.0 Å². The Labute approximate surface area is 95.0 Å². The maximum atomic E-state index is 2.20. The van der Waals surface area contributed by atoms with E-state index in [1.165, 1.54) is 27.4 Å². The number of nitrogens with zero attached hydrogens (tertiary/aromatic N) is 1. The molecule has 78 valence electrons. The zero-order valence-corrected chi connectivity index (χ0v) is 9.57. The van der Waals surface area contributed by atoms with Crippen LogP contribution in [-0.4, -0.2) is 0 Å². The van der Waals surface area contributed by atoms with Crippen LogP contribution in [0.1, 0.15) is 11.1 Å². The van der Waals surface area contributed by atoms with Crippen LogP contribution in [0.25, 0.3) is 16.3 Å². The summed E-state index contributed by atoms with van der Waals surface area (Å²) in [6, 6.07) is 12.9. The lowest BCUT2D eigenvalue weighted by Gasteiger charge is -2.03. The van der Waals surface area contributed by atoms with E-state index in [4.69, 9.17) is 0 Å². The second-order valence-corrected chi connectivity index (χ2v) is 4.30. The minimum atomic E-state index is 1.31. The number of fused-ring (bicyclic) bond motifs is 3. The van der Waals surface area contributed by atoms with Crippen LogP contribution < -0.4 is 4.40 Å². The van der Waals surface area contributed by atoms with Gasteiger partial charge in [0.15, 0.2) is 12.4 Å². The smallest absolute Gasteiger partial charge is 0.166 e. The fraction of sp³-hybridized carbons (Fsp3) is 0.133. The highest BCUT2D eigenvalue weighted by atomic mass is 14.8. The summed E-state index contributed by atoms with van der Waals surface area (Å²) >= 11 is 0. The van der Waals surface area contributed by atoms with Gasteiger partial charge in [0.1, 0.15) is 0 Å². The van der Waals surface area contributed by atoms with E-state index >= 15 is 0 Å². The van der Waals surface area contributed by atoms with Crippen LogP contribution in [0.3, 0.4) is 0 Å². The first-order valence-electron chi connectivity index (χ1n) is 5.56. The Morgan fingerprint density at radius 2 is 1.62 bits per heavy atom. The quantitative estimate of drug-likeness (QED) is 0.394. The monoisotopic (exact) mass is 208 g/mol. The van der Waals surface area contributed by atoms with Gasteiger partial charge in [-0.1, -0.05) is 18.2 Å². The molecule has 16 heavy (non-hydrogen) atoms. The molecule has 2 aromatic heterocycles. The SMILES string of the molecule is Cc1cccc2cc[n+]3cccc(C)c3c12. The molecule has 0 N–H and O–H groups in total. The number of hydrogen-bond acceptors (Lipinski definition) is 0. The molecular weight excluding hydrogens is 194 g/mol. The molecule has 0 aliphatic heterocycles. The molecule has 1 nitrogen and oxygen atoms in total. The summed E-state index contributed by atoms with van der Waals surface area (Å²) in [4.78, 5) is 0. The predicted molar refractivity (Wildman–Crippen MR) is 66.6 cm³/mol. The Morgan fingerprint density at radius 1 is 0.812 bits per heavy atom. The second kappa shape index (κ2) is 3.31. The minimum absolute atomic E-state index is 1.31. The molecule has 0 spiro atoms. The number of aromatic nitrogens is 1. The maximum Gasteiger partial charge on any atom is 0.221 e. The van der Waals surface area contributed by atoms with Crippen molar-refractivity contribution in [3.05, 3.63) is 59.9 Å². The number of rotatable bonds is 0. The first-order valence-corrected chi connectivity index (χ1v) is 5.56. The molecule has 0 bridgehead atoms.